The lowest BCUT2D eigenvalue weighted by molar-refractivity contribution is 0.0179. The van der Waals surface area contributed by atoms with Gasteiger partial charge in [0.2, 0.25) is 0 Å². The summed E-state index contributed by atoms with van der Waals surface area (Å²) in [6, 6.07) is 0.532. The maximum atomic E-state index is 5.75. The highest BCUT2D eigenvalue weighted by molar-refractivity contribution is 4.85. The molecule has 1 N–H and O–H groups in total. The molecule has 0 saturated carbocycles. The number of hydrogen-bond acceptors (Lipinski definition) is 2. The molecule has 0 aliphatic carbocycles. The van der Waals surface area contributed by atoms with Gasteiger partial charge >= 0.3 is 0 Å². The molecule has 2 nitrogen and oxygen atoms in total. The summed E-state index contributed by atoms with van der Waals surface area (Å²) in [6.07, 6.45) is 5.46. The molecule has 1 fully saturated rings. The van der Waals surface area contributed by atoms with Crippen LogP contribution in [-0.2, 0) is 4.74 Å². The van der Waals surface area contributed by atoms with Gasteiger partial charge in [0, 0.05) is 19.2 Å². The van der Waals surface area contributed by atoms with Crippen LogP contribution in [0.4, 0.5) is 0 Å². The molecule has 1 aliphatic heterocycles. The third-order valence-corrected chi connectivity index (χ3v) is 3.49. The maximum absolute atomic E-state index is 5.75. The SMILES string of the molecule is C=CCC(C)C(C)NCC1(C)CCCO1. The minimum Gasteiger partial charge on any atom is -0.374 e. The van der Waals surface area contributed by atoms with Gasteiger partial charge in [-0.3, -0.25) is 0 Å². The average Bonchev–Trinajstić information content (AvgIpc) is 2.63. The molecular formula is C13H25NO. The van der Waals surface area contributed by atoms with Gasteiger partial charge in [0.1, 0.15) is 0 Å². The summed E-state index contributed by atoms with van der Waals surface area (Å²) in [5.41, 5.74) is 0.0716. The van der Waals surface area contributed by atoms with E-state index in [2.05, 4.69) is 32.7 Å². The molecule has 1 aliphatic rings. The lowest BCUT2D eigenvalue weighted by atomic mass is 9.97. The van der Waals surface area contributed by atoms with Gasteiger partial charge in [-0.1, -0.05) is 13.0 Å². The molecule has 0 aromatic carbocycles. The highest BCUT2D eigenvalue weighted by Gasteiger charge is 2.30. The molecule has 0 amide bonds. The Morgan fingerprint density at radius 3 is 2.80 bits per heavy atom. The molecule has 88 valence electrons. The van der Waals surface area contributed by atoms with E-state index in [1.54, 1.807) is 0 Å². The van der Waals surface area contributed by atoms with Crippen LogP contribution in [0.3, 0.4) is 0 Å². The van der Waals surface area contributed by atoms with Crippen LogP contribution in [0.5, 0.6) is 0 Å². The Morgan fingerprint density at radius 1 is 1.53 bits per heavy atom. The zero-order valence-corrected chi connectivity index (χ0v) is 10.4. The summed E-state index contributed by atoms with van der Waals surface area (Å²) in [7, 11) is 0. The molecule has 3 atom stereocenters. The van der Waals surface area contributed by atoms with Crippen molar-refractivity contribution in [2.24, 2.45) is 5.92 Å². The highest BCUT2D eigenvalue weighted by atomic mass is 16.5. The lowest BCUT2D eigenvalue weighted by Crippen LogP contribution is -2.43. The van der Waals surface area contributed by atoms with E-state index < -0.39 is 0 Å². The van der Waals surface area contributed by atoms with Crippen molar-refractivity contribution in [2.45, 2.75) is 51.7 Å². The van der Waals surface area contributed by atoms with Crippen molar-refractivity contribution in [2.75, 3.05) is 13.2 Å². The summed E-state index contributed by atoms with van der Waals surface area (Å²) in [6.45, 7) is 12.4. The molecule has 2 heteroatoms. The first-order valence-corrected chi connectivity index (χ1v) is 6.05. The fourth-order valence-electron chi connectivity index (χ4n) is 2.02. The molecular weight excluding hydrogens is 186 g/mol. The van der Waals surface area contributed by atoms with Gasteiger partial charge in [-0.15, -0.1) is 6.58 Å². The summed E-state index contributed by atoms with van der Waals surface area (Å²) < 4.78 is 5.75. The number of allylic oxidation sites excluding steroid dienone is 1. The number of nitrogens with one attached hydrogen (secondary N) is 1. The Morgan fingerprint density at radius 2 is 2.27 bits per heavy atom. The van der Waals surface area contributed by atoms with Crippen LogP contribution in [0.2, 0.25) is 0 Å². The van der Waals surface area contributed by atoms with Crippen LogP contribution >= 0.6 is 0 Å². The topological polar surface area (TPSA) is 21.3 Å². The fourth-order valence-corrected chi connectivity index (χ4v) is 2.02. The second kappa shape index (κ2) is 5.66. The van der Waals surface area contributed by atoms with Gasteiger partial charge < -0.3 is 10.1 Å². The molecule has 0 radical (unpaired) electrons. The van der Waals surface area contributed by atoms with Gasteiger partial charge in [0.25, 0.3) is 0 Å². The van der Waals surface area contributed by atoms with Crippen molar-refractivity contribution in [1.29, 1.82) is 0 Å². The van der Waals surface area contributed by atoms with Gasteiger partial charge in [0.05, 0.1) is 5.60 Å². The van der Waals surface area contributed by atoms with Gasteiger partial charge in [-0.25, -0.2) is 0 Å². The predicted molar refractivity (Wildman–Crippen MR) is 65.0 cm³/mol. The smallest absolute Gasteiger partial charge is 0.0779 e. The Bertz CT molecular complexity index is 197. The Hall–Kier alpha value is -0.340. The molecule has 0 spiro atoms. The van der Waals surface area contributed by atoms with Crippen molar-refractivity contribution >= 4 is 0 Å². The van der Waals surface area contributed by atoms with Crippen molar-refractivity contribution < 1.29 is 4.74 Å². The quantitative estimate of drug-likeness (QED) is 0.682. The third kappa shape index (κ3) is 3.96. The molecule has 3 unspecified atom stereocenters. The van der Waals surface area contributed by atoms with E-state index in [4.69, 9.17) is 4.74 Å². The lowest BCUT2D eigenvalue weighted by Gasteiger charge is -2.28. The zero-order valence-electron chi connectivity index (χ0n) is 10.4. The number of hydrogen-bond donors (Lipinski definition) is 1. The maximum Gasteiger partial charge on any atom is 0.0779 e. The van der Waals surface area contributed by atoms with E-state index in [1.165, 1.54) is 12.8 Å². The minimum atomic E-state index is 0.0716. The van der Waals surface area contributed by atoms with Crippen molar-refractivity contribution in [3.8, 4) is 0 Å². The van der Waals surface area contributed by atoms with Crippen LogP contribution in [0.15, 0.2) is 12.7 Å². The van der Waals surface area contributed by atoms with Crippen molar-refractivity contribution in [1.82, 2.24) is 5.32 Å². The second-order valence-corrected chi connectivity index (χ2v) is 5.07. The Labute approximate surface area is 94.1 Å². The predicted octanol–water partition coefficient (Wildman–Crippen LogP) is 2.75. The molecule has 0 aromatic heterocycles. The number of ether oxygens (including phenoxy) is 1. The van der Waals surface area contributed by atoms with E-state index in [-0.39, 0.29) is 5.60 Å². The second-order valence-electron chi connectivity index (χ2n) is 5.07. The molecule has 1 heterocycles. The van der Waals surface area contributed by atoms with Gasteiger partial charge in [0.15, 0.2) is 0 Å². The third-order valence-electron chi connectivity index (χ3n) is 3.49. The first kappa shape index (κ1) is 12.7. The van der Waals surface area contributed by atoms with Crippen LogP contribution < -0.4 is 5.32 Å². The summed E-state index contributed by atoms with van der Waals surface area (Å²) in [5.74, 6) is 0.646. The van der Waals surface area contributed by atoms with E-state index in [0.717, 1.165) is 19.6 Å². The average molecular weight is 211 g/mol. The number of rotatable bonds is 6. The highest BCUT2D eigenvalue weighted by Crippen LogP contribution is 2.24. The summed E-state index contributed by atoms with van der Waals surface area (Å²) >= 11 is 0. The van der Waals surface area contributed by atoms with Crippen molar-refractivity contribution in [3.05, 3.63) is 12.7 Å². The molecule has 0 bridgehead atoms. The van der Waals surface area contributed by atoms with E-state index in [0.29, 0.717) is 12.0 Å². The van der Waals surface area contributed by atoms with E-state index in [9.17, 15) is 0 Å². The van der Waals surface area contributed by atoms with E-state index >= 15 is 0 Å². The van der Waals surface area contributed by atoms with Gasteiger partial charge in [-0.2, -0.15) is 0 Å². The fraction of sp³-hybridized carbons (Fsp3) is 0.846. The van der Waals surface area contributed by atoms with Crippen LogP contribution in [0.1, 0.15) is 40.0 Å². The summed E-state index contributed by atoms with van der Waals surface area (Å²) in [4.78, 5) is 0. The molecule has 15 heavy (non-hydrogen) atoms. The standard InChI is InChI=1S/C13H25NO/c1-5-7-11(2)12(3)14-10-13(4)8-6-9-15-13/h5,11-12,14H,1,6-10H2,2-4H3. The van der Waals surface area contributed by atoms with Crippen LogP contribution in [0.25, 0.3) is 0 Å². The first-order valence-electron chi connectivity index (χ1n) is 6.05. The van der Waals surface area contributed by atoms with Crippen LogP contribution in [0, 0.1) is 5.92 Å². The zero-order chi connectivity index (χ0) is 11.3. The minimum absolute atomic E-state index is 0.0716. The first-order chi connectivity index (χ1) is 7.07. The van der Waals surface area contributed by atoms with Crippen molar-refractivity contribution in [3.63, 3.8) is 0 Å². The Kier molecular flexibility index (Phi) is 4.81. The molecule has 1 saturated heterocycles. The normalized spacial score (nSPS) is 30.1. The van der Waals surface area contributed by atoms with E-state index in [1.807, 2.05) is 6.08 Å². The summed E-state index contributed by atoms with van der Waals surface area (Å²) in [5, 5.41) is 3.58. The largest absolute Gasteiger partial charge is 0.374 e. The van der Waals surface area contributed by atoms with Gasteiger partial charge in [-0.05, 0) is 39.0 Å². The van der Waals surface area contributed by atoms with Crippen LogP contribution in [-0.4, -0.2) is 24.8 Å². The monoisotopic (exact) mass is 211 g/mol. The molecule has 1 rings (SSSR count). The Balaban J connectivity index is 2.26. The molecule has 0 aromatic rings.